The Morgan fingerprint density at radius 3 is 1.71 bits per heavy atom. The van der Waals surface area contributed by atoms with Crippen molar-refractivity contribution in [2.45, 2.75) is 279 Å². The van der Waals surface area contributed by atoms with Crippen molar-refractivity contribution in [3.63, 3.8) is 0 Å². The molecule has 526 valence electrons. The number of carbonyl (C=O) groups is 3. The van der Waals surface area contributed by atoms with Crippen molar-refractivity contribution < 1.29 is 138 Å². The maximum Gasteiger partial charge on any atom is 0.217 e. The van der Waals surface area contributed by atoms with Crippen molar-refractivity contribution in [2.75, 3.05) is 33.0 Å². The van der Waals surface area contributed by atoms with Crippen molar-refractivity contribution in [3.8, 4) is 0 Å². The van der Waals surface area contributed by atoms with Crippen LogP contribution in [-0.4, -0.2) is 292 Å². The fourth-order valence-electron chi connectivity index (χ4n) is 16.9. The summed E-state index contributed by atoms with van der Waals surface area (Å²) in [6, 6.07) is -3.15. The number of allylic oxidation sites excluding steroid dienone is 2. The van der Waals surface area contributed by atoms with E-state index in [1.165, 1.54) is 0 Å². The quantitative estimate of drug-likeness (QED) is 0.0310. The van der Waals surface area contributed by atoms with E-state index in [0.29, 0.717) is 51.4 Å². The summed E-state index contributed by atoms with van der Waals surface area (Å²) in [4.78, 5) is 38.5. The Morgan fingerprint density at radius 2 is 1.12 bits per heavy atom. The maximum absolute atomic E-state index is 13.4. The molecule has 0 bridgehead atoms. The summed E-state index contributed by atoms with van der Waals surface area (Å²) in [5.74, 6) is -1.67. The lowest BCUT2D eigenvalue weighted by Crippen LogP contribution is -2.69. The Kier molecular flexibility index (Phi) is 23.0. The van der Waals surface area contributed by atoms with E-state index in [9.17, 15) is 91.0 Å². The van der Waals surface area contributed by atoms with Gasteiger partial charge < -0.3 is 135 Å². The minimum atomic E-state index is -2.01. The highest BCUT2D eigenvalue weighted by atomic mass is 16.8. The third kappa shape index (κ3) is 13.8. The summed E-state index contributed by atoms with van der Waals surface area (Å²) in [5.41, 5.74) is -0.732. The fourth-order valence-corrected chi connectivity index (χ4v) is 16.9. The summed E-state index contributed by atoms with van der Waals surface area (Å²) in [7, 11) is 0. The zero-order valence-electron chi connectivity index (χ0n) is 53.5. The van der Waals surface area contributed by atoms with Gasteiger partial charge in [0.1, 0.15) is 116 Å². The molecule has 0 aromatic rings. The molecular formula is C62H100N2O28. The second-order valence-electron chi connectivity index (χ2n) is 28.4. The average Bonchev–Trinajstić information content (AvgIpc) is 1.15. The van der Waals surface area contributed by atoms with Gasteiger partial charge >= 0.3 is 0 Å². The lowest BCUT2D eigenvalue weighted by atomic mass is 9.42. The van der Waals surface area contributed by atoms with Crippen molar-refractivity contribution in [3.05, 3.63) is 22.8 Å². The molecule has 0 aromatic heterocycles. The van der Waals surface area contributed by atoms with Crippen LogP contribution in [0, 0.1) is 34.0 Å². The predicted molar refractivity (Wildman–Crippen MR) is 312 cm³/mol. The van der Waals surface area contributed by atoms with Gasteiger partial charge in [-0.3, -0.25) is 14.4 Å². The number of carbonyl (C=O) groups excluding carboxylic acids is 3. The number of ether oxygens (including phenoxy) is 10. The van der Waals surface area contributed by atoms with Crippen LogP contribution in [0.15, 0.2) is 22.8 Å². The van der Waals surface area contributed by atoms with Crippen LogP contribution in [0.2, 0.25) is 0 Å². The molecule has 0 aromatic carbocycles. The normalized spacial score (nSPS) is 48.1. The molecule has 16 unspecified atom stereocenters. The van der Waals surface area contributed by atoms with Crippen molar-refractivity contribution >= 4 is 17.6 Å². The monoisotopic (exact) mass is 1320 g/mol. The lowest BCUT2D eigenvalue weighted by molar-refractivity contribution is -0.380. The Hall–Kier alpha value is -2.91. The van der Waals surface area contributed by atoms with Gasteiger partial charge in [-0.15, -0.1) is 0 Å². The van der Waals surface area contributed by atoms with E-state index in [1.54, 1.807) is 6.08 Å². The first kappa shape index (κ1) is 73.3. The first-order valence-electron chi connectivity index (χ1n) is 32.1. The number of hydrogen-bond acceptors (Lipinski definition) is 28. The number of nitrogens with one attached hydrogen (secondary N) is 2. The van der Waals surface area contributed by atoms with Crippen LogP contribution in [0.25, 0.3) is 0 Å². The van der Waals surface area contributed by atoms with Crippen molar-refractivity contribution in [1.29, 1.82) is 0 Å². The van der Waals surface area contributed by atoms with Gasteiger partial charge in [0.25, 0.3) is 0 Å². The van der Waals surface area contributed by atoms with E-state index in [4.69, 9.17) is 47.4 Å². The summed E-state index contributed by atoms with van der Waals surface area (Å²) in [5, 5.41) is 173. The van der Waals surface area contributed by atoms with Crippen LogP contribution in [0.1, 0.15) is 114 Å². The summed E-state index contributed by atoms with van der Waals surface area (Å²) < 4.78 is 61.6. The molecule has 9 rings (SSSR count). The lowest BCUT2D eigenvalue weighted by Gasteiger charge is -2.65. The maximum atomic E-state index is 13.4. The van der Waals surface area contributed by atoms with E-state index >= 15 is 0 Å². The molecule has 30 nitrogen and oxygen atoms in total. The van der Waals surface area contributed by atoms with Gasteiger partial charge in [-0.25, -0.2) is 0 Å². The second-order valence-corrected chi connectivity index (χ2v) is 28.4. The molecule has 5 aliphatic heterocycles. The number of aliphatic hydroxyl groups excluding tert-OH is 14. The van der Waals surface area contributed by atoms with E-state index in [-0.39, 0.29) is 23.5 Å². The number of amides is 2. The highest BCUT2D eigenvalue weighted by Crippen LogP contribution is 2.70. The molecule has 5 saturated heterocycles. The van der Waals surface area contributed by atoms with E-state index in [2.05, 4.69) is 31.4 Å². The van der Waals surface area contributed by atoms with Gasteiger partial charge in [0.2, 0.25) is 11.8 Å². The average molecular weight is 1320 g/mol. The Labute approximate surface area is 533 Å². The molecule has 5 heterocycles. The summed E-state index contributed by atoms with van der Waals surface area (Å²) in [6.45, 7) is 12.4. The van der Waals surface area contributed by atoms with Crippen molar-refractivity contribution in [1.82, 2.24) is 10.6 Å². The Balaban J connectivity index is 1.000. The molecule has 8 fully saturated rings. The van der Waals surface area contributed by atoms with Gasteiger partial charge in [-0.1, -0.05) is 40.2 Å². The van der Waals surface area contributed by atoms with Crippen LogP contribution >= 0.6 is 0 Å². The molecule has 2 amide bonds. The minimum Gasteiger partial charge on any atom is -0.394 e. The highest BCUT2D eigenvalue weighted by Gasteiger charge is 2.68. The van der Waals surface area contributed by atoms with E-state index in [1.807, 2.05) is 27.7 Å². The van der Waals surface area contributed by atoms with Gasteiger partial charge in [-0.05, 0) is 105 Å². The zero-order valence-corrected chi connectivity index (χ0v) is 53.5. The summed E-state index contributed by atoms with van der Waals surface area (Å²) >= 11 is 0. The Morgan fingerprint density at radius 1 is 0.598 bits per heavy atom. The van der Waals surface area contributed by atoms with Crippen LogP contribution in [0.4, 0.5) is 0 Å². The van der Waals surface area contributed by atoms with Crippen LogP contribution in [-0.2, 0) is 61.8 Å². The molecule has 0 radical (unpaired) electrons. The first-order valence-corrected chi connectivity index (χ1v) is 32.1. The molecule has 32 atom stereocenters. The molecule has 3 saturated carbocycles. The van der Waals surface area contributed by atoms with E-state index in [0.717, 1.165) is 30.6 Å². The number of ketones is 1. The fraction of sp³-hybridized carbons (Fsp3) is 0.887. The molecule has 92 heavy (non-hydrogen) atoms. The van der Waals surface area contributed by atoms with Gasteiger partial charge in [0.15, 0.2) is 37.2 Å². The molecular weight excluding hydrogens is 1220 g/mol. The largest absolute Gasteiger partial charge is 0.394 e. The Bertz CT molecular complexity index is 2630. The first-order chi connectivity index (χ1) is 43.2. The zero-order chi connectivity index (χ0) is 67.6. The van der Waals surface area contributed by atoms with Crippen LogP contribution < -0.4 is 10.6 Å². The van der Waals surface area contributed by atoms with Gasteiger partial charge in [-0.2, -0.15) is 0 Å². The topological polar surface area (TPSA) is 471 Å². The van der Waals surface area contributed by atoms with E-state index < -0.39 is 226 Å². The summed E-state index contributed by atoms with van der Waals surface area (Å²) in [6.07, 6.45) is -35.5. The van der Waals surface area contributed by atoms with Crippen LogP contribution in [0.3, 0.4) is 0 Å². The molecule has 0 spiro atoms. The predicted octanol–water partition coefficient (Wildman–Crippen LogP) is -4.60. The number of hydrogen-bond donors (Lipinski definition) is 17. The molecule has 4 aliphatic carbocycles. The third-order valence-corrected chi connectivity index (χ3v) is 21.8. The minimum absolute atomic E-state index is 0.00626. The third-order valence-electron chi connectivity index (χ3n) is 21.8. The van der Waals surface area contributed by atoms with Gasteiger partial charge in [0.05, 0.1) is 50.8 Å². The van der Waals surface area contributed by atoms with Crippen molar-refractivity contribution in [2.24, 2.45) is 34.0 Å². The smallest absolute Gasteiger partial charge is 0.217 e. The van der Waals surface area contributed by atoms with Crippen LogP contribution in [0.5, 0.6) is 0 Å². The highest BCUT2D eigenvalue weighted by molar-refractivity contribution is 5.90. The SMILES string of the molecule is CC(=O)NC1C(O)[C@H](O)C(CO[C@@H]2OC(CO)[C@@H](O)C(O)C2O[C@@H]2OC(CO)[C@@H](O)C(O)C2O)O[C@H]1OC1C(O)[C@H](O[C@@H]2OC(CO)[C@H](O)C(O)C2NC(C)=O)CO[C@H]1O[C@H]1CC[C@@]2(C)C(CCC3=C4[C@H](O)C[C@H](C(C)CC(=O)C=C(C)C)[C@@]4(C)CC[C@@]32O)C1(C)C. The number of aliphatic hydroxyl groups is 15. The van der Waals surface area contributed by atoms with Gasteiger partial charge in [0, 0.05) is 25.7 Å². The molecule has 9 aliphatic rings. The molecule has 17 N–H and O–H groups in total. The molecule has 30 heteroatoms. The number of fused-ring (bicyclic) bond motifs is 4. The number of rotatable bonds is 20. The second kappa shape index (κ2) is 28.9. The standard InChI is InChI=1S/C62H100N2O28/c1-24(2)16-28(70)17-25(3)30-18-31(71)39-29-10-11-37-59(6,7)38(12-13-61(37,9)62(29,82)15-14-60(30,39)8)90-58-52(46(76)36(23-84-58)89-54-40(63-26(4)68)47(77)42(72)32(19-65)85-54)91-55-41(64-27(5)69)48(78)45(75)35(88-55)22-83-57-53(50(80)44(74)34(21-67)87-57)92-56-51(81)49(79)43(73)33(20-66)86-56/h16,25,30-38,40-58,65-67,71-82H,10-15,17-23H2,1-9H3,(H,63,68)(H,64,69)/t25?,30-,31-,32?,33?,34?,35?,36-,37?,38+,40?,41?,42+,43-,44-,45-,46?,47?,48?,49?,50?,51?,52?,53?,54+,55+,56+,57-,58+,60-,61+,62-/m1/s1.